The number of ether oxygens (including phenoxy) is 1. The third-order valence-corrected chi connectivity index (χ3v) is 3.06. The lowest BCUT2D eigenvalue weighted by Gasteiger charge is -2.10. The van der Waals surface area contributed by atoms with Gasteiger partial charge in [-0.3, -0.25) is 9.48 Å². The van der Waals surface area contributed by atoms with Crippen molar-refractivity contribution >= 4 is 5.97 Å². The minimum Gasteiger partial charge on any atom is -0.466 e. The molecule has 2 rings (SSSR count). The topological polar surface area (TPSA) is 70.1 Å². The van der Waals surface area contributed by atoms with Gasteiger partial charge in [0.2, 0.25) is 0 Å². The zero-order valence-electron chi connectivity index (χ0n) is 11.7. The molecule has 1 unspecified atom stereocenters. The van der Waals surface area contributed by atoms with Crippen molar-refractivity contribution in [2.45, 2.75) is 19.4 Å². The summed E-state index contributed by atoms with van der Waals surface area (Å²) < 4.78 is 6.63. The van der Waals surface area contributed by atoms with Crippen LogP contribution in [0.1, 0.15) is 25.1 Å². The number of carbonyl (C=O) groups is 1. The molecular weight excluding hydrogens is 254 g/mol. The summed E-state index contributed by atoms with van der Waals surface area (Å²) in [6, 6.07) is 11.4. The van der Waals surface area contributed by atoms with E-state index in [1.165, 1.54) is 0 Å². The number of benzene rings is 1. The molecule has 0 spiro atoms. The van der Waals surface area contributed by atoms with Crippen molar-refractivity contribution in [2.75, 3.05) is 6.61 Å². The van der Waals surface area contributed by atoms with Crippen LogP contribution in [0.5, 0.6) is 0 Å². The van der Waals surface area contributed by atoms with Gasteiger partial charge in [0.15, 0.2) is 0 Å². The van der Waals surface area contributed by atoms with Gasteiger partial charge in [-0.05, 0) is 13.0 Å². The molecule has 0 saturated carbocycles. The highest BCUT2D eigenvalue weighted by molar-refractivity contribution is 5.70. The third kappa shape index (κ3) is 3.24. The summed E-state index contributed by atoms with van der Waals surface area (Å²) in [6.07, 6.45) is 0.154. The highest BCUT2D eigenvalue weighted by Crippen LogP contribution is 2.22. The van der Waals surface area contributed by atoms with Crippen LogP contribution in [0.3, 0.4) is 0 Å². The maximum absolute atomic E-state index is 11.5. The second kappa shape index (κ2) is 6.34. The second-order valence-corrected chi connectivity index (χ2v) is 4.56. The van der Waals surface area contributed by atoms with Crippen molar-refractivity contribution in [1.82, 2.24) is 9.78 Å². The van der Waals surface area contributed by atoms with E-state index < -0.39 is 6.04 Å². The van der Waals surface area contributed by atoms with Gasteiger partial charge < -0.3 is 10.5 Å². The summed E-state index contributed by atoms with van der Waals surface area (Å²) in [7, 11) is 1.83. The highest BCUT2D eigenvalue weighted by Gasteiger charge is 2.17. The van der Waals surface area contributed by atoms with E-state index in [2.05, 4.69) is 5.10 Å². The molecule has 2 aromatic rings. The lowest BCUT2D eigenvalue weighted by Crippen LogP contribution is -2.19. The first-order valence-electron chi connectivity index (χ1n) is 6.62. The molecule has 0 saturated heterocycles. The summed E-state index contributed by atoms with van der Waals surface area (Å²) in [6.45, 7) is 2.15. The Morgan fingerprint density at radius 1 is 1.40 bits per heavy atom. The zero-order valence-corrected chi connectivity index (χ0v) is 11.7. The van der Waals surface area contributed by atoms with E-state index in [0.29, 0.717) is 6.61 Å². The Morgan fingerprint density at radius 2 is 2.10 bits per heavy atom. The van der Waals surface area contributed by atoms with Gasteiger partial charge >= 0.3 is 5.97 Å². The van der Waals surface area contributed by atoms with Crippen LogP contribution >= 0.6 is 0 Å². The number of carbonyl (C=O) groups excluding carboxylic acids is 1. The molecule has 20 heavy (non-hydrogen) atoms. The molecule has 106 valence electrons. The van der Waals surface area contributed by atoms with Crippen LogP contribution in [0.4, 0.5) is 0 Å². The average molecular weight is 273 g/mol. The largest absolute Gasteiger partial charge is 0.466 e. The van der Waals surface area contributed by atoms with E-state index in [-0.39, 0.29) is 12.4 Å². The Kier molecular flexibility index (Phi) is 4.53. The van der Waals surface area contributed by atoms with Crippen molar-refractivity contribution < 1.29 is 9.53 Å². The number of rotatable bonds is 5. The molecule has 0 aliphatic carbocycles. The van der Waals surface area contributed by atoms with E-state index >= 15 is 0 Å². The molecule has 1 aromatic heterocycles. The molecule has 0 amide bonds. The summed E-state index contributed by atoms with van der Waals surface area (Å²) in [5, 5.41) is 4.44. The Morgan fingerprint density at radius 3 is 2.75 bits per heavy atom. The molecule has 5 nitrogen and oxygen atoms in total. The van der Waals surface area contributed by atoms with Crippen LogP contribution in [0.15, 0.2) is 36.4 Å². The number of aryl methyl sites for hydroxylation is 1. The lowest BCUT2D eigenvalue weighted by molar-refractivity contribution is -0.143. The maximum Gasteiger partial charge on any atom is 0.307 e. The highest BCUT2D eigenvalue weighted by atomic mass is 16.5. The predicted octanol–water partition coefficient (Wildman–Crippen LogP) is 2.04. The maximum atomic E-state index is 11.5. The van der Waals surface area contributed by atoms with E-state index in [1.54, 1.807) is 11.6 Å². The van der Waals surface area contributed by atoms with Crippen molar-refractivity contribution in [2.24, 2.45) is 12.8 Å². The van der Waals surface area contributed by atoms with Gasteiger partial charge in [-0.1, -0.05) is 30.3 Å². The third-order valence-electron chi connectivity index (χ3n) is 3.06. The van der Waals surface area contributed by atoms with Gasteiger partial charge in [0.1, 0.15) is 0 Å². The molecule has 0 bridgehead atoms. The smallest absolute Gasteiger partial charge is 0.307 e. The lowest BCUT2D eigenvalue weighted by atomic mass is 10.1. The van der Waals surface area contributed by atoms with Crippen LogP contribution in [0, 0.1) is 0 Å². The zero-order chi connectivity index (χ0) is 14.5. The second-order valence-electron chi connectivity index (χ2n) is 4.56. The molecule has 1 heterocycles. The van der Waals surface area contributed by atoms with Gasteiger partial charge in [-0.25, -0.2) is 0 Å². The number of nitrogens with zero attached hydrogens (tertiary/aromatic N) is 2. The van der Waals surface area contributed by atoms with E-state index in [0.717, 1.165) is 17.0 Å². The minimum atomic E-state index is -0.413. The van der Waals surface area contributed by atoms with Gasteiger partial charge in [0, 0.05) is 12.6 Å². The molecule has 0 aliphatic heterocycles. The van der Waals surface area contributed by atoms with Crippen molar-refractivity contribution in [3.05, 3.63) is 42.1 Å². The van der Waals surface area contributed by atoms with Gasteiger partial charge in [-0.2, -0.15) is 5.10 Å². The molecule has 2 N–H and O–H groups in total. The minimum absolute atomic E-state index is 0.154. The first-order chi connectivity index (χ1) is 9.61. The number of nitrogens with two attached hydrogens (primary N) is 1. The molecule has 0 fully saturated rings. The van der Waals surface area contributed by atoms with E-state index in [9.17, 15) is 4.79 Å². The summed E-state index contributed by atoms with van der Waals surface area (Å²) in [4.78, 5) is 11.5. The fraction of sp³-hybridized carbons (Fsp3) is 0.333. The quantitative estimate of drug-likeness (QED) is 0.846. The van der Waals surface area contributed by atoms with E-state index in [4.69, 9.17) is 10.5 Å². The van der Waals surface area contributed by atoms with Crippen molar-refractivity contribution in [3.8, 4) is 11.3 Å². The normalized spacial score (nSPS) is 12.2. The predicted molar refractivity (Wildman–Crippen MR) is 76.8 cm³/mol. The molecular formula is C15H19N3O2. The van der Waals surface area contributed by atoms with E-state index in [1.807, 2.05) is 43.4 Å². The number of aromatic nitrogens is 2. The molecule has 1 atom stereocenters. The van der Waals surface area contributed by atoms with Crippen LogP contribution in [-0.2, 0) is 16.6 Å². The molecule has 1 aromatic carbocycles. The first-order valence-corrected chi connectivity index (χ1v) is 6.62. The van der Waals surface area contributed by atoms with Crippen molar-refractivity contribution in [1.29, 1.82) is 0 Å². The number of esters is 1. The van der Waals surface area contributed by atoms with Gasteiger partial charge in [-0.15, -0.1) is 0 Å². The summed E-state index contributed by atoms with van der Waals surface area (Å²) in [5.74, 6) is -0.289. The standard InChI is InChI=1S/C15H19N3O2/c1-3-20-15(19)9-12(16)14-10-13(17-18(14)2)11-7-5-4-6-8-11/h4-8,10,12H,3,9,16H2,1-2H3. The number of hydrogen-bond donors (Lipinski definition) is 1. The molecule has 0 radical (unpaired) electrons. The average Bonchev–Trinajstić information content (AvgIpc) is 2.82. The van der Waals surface area contributed by atoms with Gasteiger partial charge in [0.25, 0.3) is 0 Å². The Bertz CT molecular complexity index is 578. The summed E-state index contributed by atoms with van der Waals surface area (Å²) >= 11 is 0. The van der Waals surface area contributed by atoms with Crippen LogP contribution in [0.25, 0.3) is 11.3 Å². The van der Waals surface area contributed by atoms with Crippen LogP contribution in [-0.4, -0.2) is 22.4 Å². The number of hydrogen-bond acceptors (Lipinski definition) is 4. The fourth-order valence-electron chi connectivity index (χ4n) is 2.08. The molecule has 0 aliphatic rings. The fourth-order valence-corrected chi connectivity index (χ4v) is 2.08. The molecule has 5 heteroatoms. The van der Waals surface area contributed by atoms with Crippen molar-refractivity contribution in [3.63, 3.8) is 0 Å². The first kappa shape index (κ1) is 14.3. The Balaban J connectivity index is 2.17. The van der Waals surface area contributed by atoms with Gasteiger partial charge in [0.05, 0.1) is 30.5 Å². The SMILES string of the molecule is CCOC(=O)CC(N)c1cc(-c2ccccc2)nn1C. The monoisotopic (exact) mass is 273 g/mol. The van der Waals surface area contributed by atoms with Crippen LogP contribution < -0.4 is 5.73 Å². The summed E-state index contributed by atoms with van der Waals surface area (Å²) in [5.41, 5.74) is 8.75. The Hall–Kier alpha value is -2.14. The Labute approximate surface area is 118 Å². The van der Waals surface area contributed by atoms with Crippen LogP contribution in [0.2, 0.25) is 0 Å².